The lowest BCUT2D eigenvalue weighted by atomic mass is 10.4. The average Bonchev–Trinajstić information content (AvgIpc) is 1.93. The first-order valence-electron chi connectivity index (χ1n) is 2.41. The first kappa shape index (κ1) is 7.08. The van der Waals surface area contributed by atoms with Gasteiger partial charge in [-0.25, -0.2) is 9.37 Å². The quantitative estimate of drug-likeness (QED) is 0.602. The van der Waals surface area contributed by atoms with E-state index in [9.17, 15) is 4.39 Å². The summed E-state index contributed by atoms with van der Waals surface area (Å²) in [4.78, 5) is 3.39. The normalized spacial score (nSPS) is 9.80. The van der Waals surface area contributed by atoms with Gasteiger partial charge >= 0.3 is 0 Å². The summed E-state index contributed by atoms with van der Waals surface area (Å²) >= 11 is 5.23. The molecule has 0 aliphatic heterocycles. The number of anilines is 1. The van der Waals surface area contributed by atoms with Gasteiger partial charge in [-0.1, -0.05) is 11.6 Å². The molecule has 10 heavy (non-hydrogen) atoms. The highest BCUT2D eigenvalue weighted by molar-refractivity contribution is 6.30. The lowest BCUT2D eigenvalue weighted by Crippen LogP contribution is -1.92. The van der Waals surface area contributed by atoms with Crippen LogP contribution in [0.5, 0.6) is 5.75 Å². The maximum Gasteiger partial charge on any atom is 0.196 e. The van der Waals surface area contributed by atoms with Crippen molar-refractivity contribution in [1.29, 1.82) is 0 Å². The van der Waals surface area contributed by atoms with E-state index in [2.05, 4.69) is 4.98 Å². The molecule has 5 heteroatoms. The Morgan fingerprint density at radius 3 is 2.80 bits per heavy atom. The maximum atomic E-state index is 12.5. The SMILES string of the molecule is Nc1ncc(Cl)c(F)c1O. The highest BCUT2D eigenvalue weighted by Crippen LogP contribution is 2.26. The molecule has 0 saturated heterocycles. The van der Waals surface area contributed by atoms with Crippen molar-refractivity contribution in [1.82, 2.24) is 4.98 Å². The van der Waals surface area contributed by atoms with Crippen LogP contribution in [0.4, 0.5) is 10.2 Å². The van der Waals surface area contributed by atoms with E-state index in [0.717, 1.165) is 6.20 Å². The summed E-state index contributed by atoms with van der Waals surface area (Å²) in [5.74, 6) is -1.90. The number of hydrogen-bond acceptors (Lipinski definition) is 3. The van der Waals surface area contributed by atoms with Gasteiger partial charge < -0.3 is 10.8 Å². The van der Waals surface area contributed by atoms with Crippen LogP contribution >= 0.6 is 11.6 Å². The maximum absolute atomic E-state index is 12.5. The molecule has 3 nitrogen and oxygen atoms in total. The van der Waals surface area contributed by atoms with E-state index in [1.165, 1.54) is 0 Å². The Kier molecular flexibility index (Phi) is 1.63. The van der Waals surface area contributed by atoms with Crippen LogP contribution < -0.4 is 5.73 Å². The molecule has 0 spiro atoms. The molecule has 0 atom stereocenters. The van der Waals surface area contributed by atoms with E-state index >= 15 is 0 Å². The Hall–Kier alpha value is -1.03. The number of aromatic hydroxyl groups is 1. The zero-order chi connectivity index (χ0) is 7.72. The Morgan fingerprint density at radius 2 is 2.30 bits per heavy atom. The molecule has 1 aromatic rings. The molecule has 0 fully saturated rings. The summed E-state index contributed by atoms with van der Waals surface area (Å²) in [5, 5.41) is 8.50. The molecule has 0 unspecified atom stereocenters. The standard InChI is InChI=1S/C5H4ClFN2O/c6-2-1-9-5(8)4(10)3(2)7/h1,10H,(H2,8,9). The van der Waals surface area contributed by atoms with Gasteiger partial charge in [-0.15, -0.1) is 0 Å². The third-order valence-corrected chi connectivity index (χ3v) is 1.24. The summed E-state index contributed by atoms with van der Waals surface area (Å²) in [6.45, 7) is 0. The average molecular weight is 163 g/mol. The van der Waals surface area contributed by atoms with Crippen LogP contribution in [0, 0.1) is 5.82 Å². The topological polar surface area (TPSA) is 59.1 Å². The molecule has 0 bridgehead atoms. The fourth-order valence-corrected chi connectivity index (χ4v) is 0.608. The lowest BCUT2D eigenvalue weighted by molar-refractivity contribution is 0.433. The third kappa shape index (κ3) is 0.974. The van der Waals surface area contributed by atoms with E-state index in [-0.39, 0.29) is 10.8 Å². The number of halogens is 2. The molecule has 1 rings (SSSR count). The highest BCUT2D eigenvalue weighted by Gasteiger charge is 2.08. The van der Waals surface area contributed by atoms with Gasteiger partial charge in [0.25, 0.3) is 0 Å². The van der Waals surface area contributed by atoms with Crippen LogP contribution in [0.25, 0.3) is 0 Å². The van der Waals surface area contributed by atoms with Crippen molar-refractivity contribution in [3.63, 3.8) is 0 Å². The molecule has 0 amide bonds. The van der Waals surface area contributed by atoms with Gasteiger partial charge in [0.15, 0.2) is 17.4 Å². The fourth-order valence-electron chi connectivity index (χ4n) is 0.470. The van der Waals surface area contributed by atoms with Crippen molar-refractivity contribution in [2.75, 3.05) is 5.73 Å². The van der Waals surface area contributed by atoms with Crippen molar-refractivity contribution < 1.29 is 9.50 Å². The predicted molar refractivity (Wildman–Crippen MR) is 35.3 cm³/mol. The monoisotopic (exact) mass is 162 g/mol. The zero-order valence-corrected chi connectivity index (χ0v) is 5.56. The molecule has 1 heterocycles. The second-order valence-electron chi connectivity index (χ2n) is 1.65. The van der Waals surface area contributed by atoms with E-state index in [1.54, 1.807) is 0 Å². The number of nitrogens with zero attached hydrogens (tertiary/aromatic N) is 1. The minimum atomic E-state index is -0.936. The van der Waals surface area contributed by atoms with Gasteiger partial charge in [-0.3, -0.25) is 0 Å². The molecular formula is C5H4ClFN2O. The number of nitrogens with two attached hydrogens (primary N) is 1. The molecule has 0 aliphatic rings. The summed E-state index contributed by atoms with van der Waals surface area (Å²) < 4.78 is 12.5. The van der Waals surface area contributed by atoms with E-state index in [1.807, 2.05) is 0 Å². The minimum absolute atomic E-state index is 0.244. The van der Waals surface area contributed by atoms with E-state index in [4.69, 9.17) is 22.4 Å². The Balaban J connectivity index is 3.34. The first-order chi connectivity index (χ1) is 4.63. The summed E-state index contributed by atoms with van der Waals surface area (Å²) in [6, 6.07) is 0. The number of rotatable bonds is 0. The predicted octanol–water partition coefficient (Wildman–Crippen LogP) is 1.16. The van der Waals surface area contributed by atoms with Crippen LogP contribution in [-0.4, -0.2) is 10.1 Å². The van der Waals surface area contributed by atoms with Crippen LogP contribution in [0.3, 0.4) is 0 Å². The summed E-state index contributed by atoms with van der Waals surface area (Å²) in [6.07, 6.45) is 1.03. The van der Waals surface area contributed by atoms with Gasteiger partial charge in [-0.05, 0) is 0 Å². The Morgan fingerprint density at radius 1 is 1.70 bits per heavy atom. The number of hydrogen-bond donors (Lipinski definition) is 2. The number of aromatic nitrogens is 1. The molecule has 3 N–H and O–H groups in total. The molecule has 0 aliphatic carbocycles. The van der Waals surface area contributed by atoms with Crippen molar-refractivity contribution in [2.45, 2.75) is 0 Å². The van der Waals surface area contributed by atoms with Crippen LogP contribution in [-0.2, 0) is 0 Å². The molecule has 0 radical (unpaired) electrons. The zero-order valence-electron chi connectivity index (χ0n) is 4.81. The summed E-state index contributed by atoms with van der Waals surface area (Å²) in [5.41, 5.74) is 5.03. The lowest BCUT2D eigenvalue weighted by Gasteiger charge is -1.98. The second kappa shape index (κ2) is 2.30. The van der Waals surface area contributed by atoms with Crippen molar-refractivity contribution >= 4 is 17.4 Å². The van der Waals surface area contributed by atoms with Crippen LogP contribution in [0.15, 0.2) is 6.20 Å². The van der Waals surface area contributed by atoms with Crippen LogP contribution in [0.1, 0.15) is 0 Å². The van der Waals surface area contributed by atoms with Gasteiger partial charge in [0.05, 0.1) is 11.2 Å². The molecular weight excluding hydrogens is 159 g/mol. The Bertz CT molecular complexity index is 239. The smallest absolute Gasteiger partial charge is 0.196 e. The molecule has 54 valence electrons. The van der Waals surface area contributed by atoms with Crippen molar-refractivity contribution in [2.24, 2.45) is 0 Å². The van der Waals surface area contributed by atoms with Crippen molar-refractivity contribution in [3.8, 4) is 5.75 Å². The van der Waals surface area contributed by atoms with E-state index in [0.29, 0.717) is 0 Å². The van der Waals surface area contributed by atoms with Gasteiger partial charge in [0.2, 0.25) is 0 Å². The fraction of sp³-hybridized carbons (Fsp3) is 0. The summed E-state index contributed by atoms with van der Waals surface area (Å²) in [7, 11) is 0. The van der Waals surface area contributed by atoms with E-state index < -0.39 is 11.6 Å². The largest absolute Gasteiger partial charge is 0.502 e. The molecule has 1 aromatic heterocycles. The molecule has 0 saturated carbocycles. The van der Waals surface area contributed by atoms with Crippen LogP contribution in [0.2, 0.25) is 5.02 Å². The number of pyridine rings is 1. The van der Waals surface area contributed by atoms with Gasteiger partial charge in [0.1, 0.15) is 0 Å². The highest BCUT2D eigenvalue weighted by atomic mass is 35.5. The van der Waals surface area contributed by atoms with Gasteiger partial charge in [-0.2, -0.15) is 0 Å². The van der Waals surface area contributed by atoms with Crippen molar-refractivity contribution in [3.05, 3.63) is 17.0 Å². The number of nitrogen functional groups attached to an aromatic ring is 1. The molecule has 0 aromatic carbocycles. The second-order valence-corrected chi connectivity index (χ2v) is 2.06. The van der Waals surface area contributed by atoms with Gasteiger partial charge in [0, 0.05) is 0 Å². The Labute approximate surface area is 61.3 Å². The third-order valence-electron chi connectivity index (χ3n) is 0.977. The first-order valence-corrected chi connectivity index (χ1v) is 2.79. The minimum Gasteiger partial charge on any atom is -0.502 e.